The van der Waals surface area contributed by atoms with Gasteiger partial charge in [0, 0.05) is 5.54 Å². The van der Waals surface area contributed by atoms with Crippen LogP contribution in [0.25, 0.3) is 0 Å². The maximum absolute atomic E-state index is 2.69. The first-order chi connectivity index (χ1) is 11.3. The lowest BCUT2D eigenvalue weighted by Crippen LogP contribution is -2.46. The van der Waals surface area contributed by atoms with E-state index >= 15 is 0 Å². The van der Waals surface area contributed by atoms with Crippen LogP contribution in [0.5, 0.6) is 0 Å². The van der Waals surface area contributed by atoms with Crippen molar-refractivity contribution in [3.63, 3.8) is 0 Å². The maximum atomic E-state index is 2.69. The highest BCUT2D eigenvalue weighted by molar-refractivity contribution is 5.33. The monoisotopic (exact) mass is 343 g/mol. The molecule has 0 N–H and O–H groups in total. The SMILES string of the molecule is CC(C)(CC(C)(C)N1CCCC1)c1ccc(C(C)(C)C(C)(C)C)cc1. The molecule has 1 fully saturated rings. The first-order valence-corrected chi connectivity index (χ1v) is 10.1. The summed E-state index contributed by atoms with van der Waals surface area (Å²) < 4.78 is 0. The van der Waals surface area contributed by atoms with Crippen LogP contribution in [0.3, 0.4) is 0 Å². The summed E-state index contributed by atoms with van der Waals surface area (Å²) in [4.78, 5) is 2.69. The van der Waals surface area contributed by atoms with Gasteiger partial charge in [-0.05, 0) is 73.6 Å². The maximum Gasteiger partial charge on any atom is 0.0161 e. The minimum Gasteiger partial charge on any atom is -0.298 e. The van der Waals surface area contributed by atoms with Gasteiger partial charge in [-0.2, -0.15) is 0 Å². The van der Waals surface area contributed by atoms with Gasteiger partial charge in [0.05, 0.1) is 0 Å². The minimum absolute atomic E-state index is 0.171. The van der Waals surface area contributed by atoms with Crippen LogP contribution in [0, 0.1) is 5.41 Å². The normalized spacial score (nSPS) is 18.0. The molecule has 1 saturated heterocycles. The van der Waals surface area contributed by atoms with Gasteiger partial charge in [-0.15, -0.1) is 0 Å². The molecule has 2 rings (SSSR count). The van der Waals surface area contributed by atoms with Crippen LogP contribution in [0.4, 0.5) is 0 Å². The van der Waals surface area contributed by atoms with Crippen LogP contribution in [0.2, 0.25) is 0 Å². The molecule has 1 heteroatoms. The molecule has 1 heterocycles. The van der Waals surface area contributed by atoms with E-state index < -0.39 is 0 Å². The van der Waals surface area contributed by atoms with Crippen molar-refractivity contribution < 1.29 is 0 Å². The second kappa shape index (κ2) is 6.72. The van der Waals surface area contributed by atoms with Crippen LogP contribution >= 0.6 is 0 Å². The zero-order valence-corrected chi connectivity index (χ0v) is 18.3. The Morgan fingerprint density at radius 1 is 0.720 bits per heavy atom. The lowest BCUT2D eigenvalue weighted by molar-refractivity contribution is 0.119. The molecule has 0 bridgehead atoms. The molecule has 0 saturated carbocycles. The Labute approximate surface area is 157 Å². The summed E-state index contributed by atoms with van der Waals surface area (Å²) >= 11 is 0. The van der Waals surface area contributed by atoms with Gasteiger partial charge in [0.1, 0.15) is 0 Å². The Kier molecular flexibility index (Phi) is 5.51. The molecule has 0 amide bonds. The largest absolute Gasteiger partial charge is 0.298 e. The third-order valence-corrected chi connectivity index (χ3v) is 7.10. The summed E-state index contributed by atoms with van der Waals surface area (Å²) in [7, 11) is 0. The van der Waals surface area contributed by atoms with Crippen LogP contribution in [0.15, 0.2) is 24.3 Å². The molecule has 0 radical (unpaired) electrons. The van der Waals surface area contributed by atoms with Gasteiger partial charge in [0.25, 0.3) is 0 Å². The number of rotatable bonds is 5. The summed E-state index contributed by atoms with van der Waals surface area (Å²) in [6.45, 7) is 23.9. The smallest absolute Gasteiger partial charge is 0.0161 e. The summed E-state index contributed by atoms with van der Waals surface area (Å²) in [6, 6.07) is 9.49. The number of nitrogens with zero attached hydrogens (tertiary/aromatic N) is 1. The third-order valence-electron chi connectivity index (χ3n) is 7.10. The van der Waals surface area contributed by atoms with Crippen molar-refractivity contribution in [2.75, 3.05) is 13.1 Å². The van der Waals surface area contributed by atoms with E-state index in [1.807, 2.05) is 0 Å². The van der Waals surface area contributed by atoms with Gasteiger partial charge >= 0.3 is 0 Å². The minimum atomic E-state index is 0.171. The molecule has 1 aromatic carbocycles. The van der Waals surface area contributed by atoms with E-state index in [0.717, 1.165) is 0 Å². The molecular weight excluding hydrogens is 302 g/mol. The Morgan fingerprint density at radius 3 is 1.60 bits per heavy atom. The number of hydrogen-bond donors (Lipinski definition) is 0. The Bertz CT molecular complexity index is 563. The first-order valence-electron chi connectivity index (χ1n) is 10.1. The highest BCUT2D eigenvalue weighted by Crippen LogP contribution is 2.42. The van der Waals surface area contributed by atoms with Gasteiger partial charge in [-0.25, -0.2) is 0 Å². The average Bonchev–Trinajstić information content (AvgIpc) is 3.00. The van der Waals surface area contributed by atoms with E-state index in [4.69, 9.17) is 0 Å². The lowest BCUT2D eigenvalue weighted by atomic mass is 9.65. The molecule has 0 aromatic heterocycles. The van der Waals surface area contributed by atoms with Crippen LogP contribution in [-0.2, 0) is 10.8 Å². The molecule has 25 heavy (non-hydrogen) atoms. The average molecular weight is 344 g/mol. The number of hydrogen-bond acceptors (Lipinski definition) is 1. The molecule has 1 nitrogen and oxygen atoms in total. The highest BCUT2D eigenvalue weighted by Gasteiger charge is 2.37. The Hall–Kier alpha value is -0.820. The van der Waals surface area contributed by atoms with Crippen molar-refractivity contribution in [3.8, 4) is 0 Å². The third kappa shape index (κ3) is 4.30. The molecule has 0 atom stereocenters. The summed E-state index contributed by atoms with van der Waals surface area (Å²) in [6.07, 6.45) is 3.92. The summed E-state index contributed by atoms with van der Waals surface area (Å²) in [5, 5.41) is 0. The molecule has 1 aromatic rings. The molecular formula is C24H41N. The molecule has 0 aliphatic carbocycles. The molecule has 1 aliphatic heterocycles. The highest BCUT2D eigenvalue weighted by atomic mass is 15.2. The molecule has 142 valence electrons. The van der Waals surface area contributed by atoms with E-state index in [0.29, 0.717) is 0 Å². The molecule has 0 unspecified atom stereocenters. The van der Waals surface area contributed by atoms with E-state index in [-0.39, 0.29) is 21.8 Å². The zero-order chi connectivity index (χ0) is 19.1. The topological polar surface area (TPSA) is 3.24 Å². The number of likely N-dealkylation sites (tertiary alicyclic amines) is 1. The lowest BCUT2D eigenvalue weighted by Gasteiger charge is -2.42. The summed E-state index contributed by atoms with van der Waals surface area (Å²) in [5.41, 5.74) is 3.79. The van der Waals surface area contributed by atoms with E-state index in [2.05, 4.69) is 91.5 Å². The quantitative estimate of drug-likeness (QED) is 0.585. The van der Waals surface area contributed by atoms with Crippen molar-refractivity contribution in [3.05, 3.63) is 35.4 Å². The predicted octanol–water partition coefficient (Wildman–Crippen LogP) is 6.55. The zero-order valence-electron chi connectivity index (χ0n) is 18.3. The molecule has 0 spiro atoms. The number of benzene rings is 1. The fraction of sp³-hybridized carbons (Fsp3) is 0.750. The van der Waals surface area contributed by atoms with Gasteiger partial charge in [-0.3, -0.25) is 4.90 Å². The Balaban J connectivity index is 2.20. The van der Waals surface area contributed by atoms with Crippen molar-refractivity contribution in [1.82, 2.24) is 4.90 Å². The van der Waals surface area contributed by atoms with Gasteiger partial charge < -0.3 is 0 Å². The fourth-order valence-corrected chi connectivity index (χ4v) is 4.39. The fourth-order valence-electron chi connectivity index (χ4n) is 4.39. The van der Waals surface area contributed by atoms with Crippen LogP contribution in [-0.4, -0.2) is 23.5 Å². The van der Waals surface area contributed by atoms with E-state index in [9.17, 15) is 0 Å². The predicted molar refractivity (Wildman–Crippen MR) is 111 cm³/mol. The second-order valence-corrected chi connectivity index (χ2v) is 11.0. The van der Waals surface area contributed by atoms with Crippen LogP contribution < -0.4 is 0 Å². The van der Waals surface area contributed by atoms with Crippen molar-refractivity contribution in [2.24, 2.45) is 5.41 Å². The van der Waals surface area contributed by atoms with Gasteiger partial charge in [-0.1, -0.05) is 72.7 Å². The van der Waals surface area contributed by atoms with Crippen LogP contribution in [0.1, 0.15) is 92.7 Å². The second-order valence-electron chi connectivity index (χ2n) is 11.0. The first kappa shape index (κ1) is 20.5. The molecule has 1 aliphatic rings. The standard InChI is InChI=1S/C24H41N/c1-21(2,3)24(8,9)20-14-12-19(13-15-20)22(4,5)18-23(6,7)25-16-10-11-17-25/h12-15H,10-11,16-18H2,1-9H3. The van der Waals surface area contributed by atoms with E-state index in [1.165, 1.54) is 43.5 Å². The van der Waals surface area contributed by atoms with Crippen molar-refractivity contribution in [2.45, 2.75) is 97.9 Å². The van der Waals surface area contributed by atoms with Gasteiger partial charge in [0.2, 0.25) is 0 Å². The Morgan fingerprint density at radius 2 is 1.16 bits per heavy atom. The van der Waals surface area contributed by atoms with Crippen molar-refractivity contribution in [1.29, 1.82) is 0 Å². The van der Waals surface area contributed by atoms with E-state index in [1.54, 1.807) is 0 Å². The van der Waals surface area contributed by atoms with Crippen molar-refractivity contribution >= 4 is 0 Å². The van der Waals surface area contributed by atoms with Gasteiger partial charge in [0.15, 0.2) is 0 Å². The summed E-state index contributed by atoms with van der Waals surface area (Å²) in [5.74, 6) is 0.